The Bertz CT molecular complexity index is 403. The molecule has 1 heteroatoms. The summed E-state index contributed by atoms with van der Waals surface area (Å²) in [6.07, 6.45) is 11.2. The fourth-order valence-electron chi connectivity index (χ4n) is 3.58. The second kappa shape index (κ2) is 6.30. The average Bonchev–Trinajstić information content (AvgIpc) is 3.37. The van der Waals surface area contributed by atoms with E-state index in [1.54, 1.807) is 0 Å². The van der Waals surface area contributed by atoms with Crippen molar-refractivity contribution in [3.05, 3.63) is 35.9 Å². The third kappa shape index (κ3) is 3.44. The van der Waals surface area contributed by atoms with E-state index in [0.717, 1.165) is 5.92 Å². The molecule has 2 aliphatic carbocycles. The summed E-state index contributed by atoms with van der Waals surface area (Å²) in [6, 6.07) is 11.6. The molecule has 0 heterocycles. The number of hydrogen-bond acceptors (Lipinski definition) is 1. The molecule has 2 fully saturated rings. The summed E-state index contributed by atoms with van der Waals surface area (Å²) >= 11 is 0. The smallest absolute Gasteiger partial charge is 0.0320 e. The third-order valence-corrected chi connectivity index (χ3v) is 5.33. The minimum Gasteiger partial charge on any atom is -0.309 e. The zero-order valence-corrected chi connectivity index (χ0v) is 12.9. The lowest BCUT2D eigenvalue weighted by Crippen LogP contribution is -2.29. The van der Waals surface area contributed by atoms with Gasteiger partial charge in [0.1, 0.15) is 0 Å². The van der Waals surface area contributed by atoms with Crippen LogP contribution in [0, 0.1) is 11.3 Å². The van der Waals surface area contributed by atoms with Crippen LogP contribution in [0.5, 0.6) is 0 Å². The molecule has 3 rings (SSSR count). The first-order chi connectivity index (χ1) is 9.84. The van der Waals surface area contributed by atoms with Gasteiger partial charge in [-0.05, 0) is 49.0 Å². The van der Waals surface area contributed by atoms with Crippen molar-refractivity contribution in [3.8, 4) is 0 Å². The number of hydrogen-bond donors (Lipinski definition) is 1. The molecule has 20 heavy (non-hydrogen) atoms. The zero-order chi connectivity index (χ0) is 13.8. The van der Waals surface area contributed by atoms with Gasteiger partial charge in [-0.1, -0.05) is 56.5 Å². The first-order valence-electron chi connectivity index (χ1n) is 8.62. The van der Waals surface area contributed by atoms with Gasteiger partial charge < -0.3 is 5.32 Å². The van der Waals surface area contributed by atoms with Gasteiger partial charge in [0.05, 0.1) is 0 Å². The van der Waals surface area contributed by atoms with Crippen molar-refractivity contribution in [2.45, 2.75) is 64.3 Å². The van der Waals surface area contributed by atoms with Gasteiger partial charge in [0.15, 0.2) is 0 Å². The van der Waals surface area contributed by atoms with Crippen molar-refractivity contribution < 1.29 is 0 Å². The van der Waals surface area contributed by atoms with Crippen LogP contribution in [0.4, 0.5) is 0 Å². The number of nitrogens with one attached hydrogen (secondary N) is 1. The molecule has 1 nitrogen and oxygen atoms in total. The third-order valence-electron chi connectivity index (χ3n) is 5.33. The van der Waals surface area contributed by atoms with Crippen LogP contribution in [-0.4, -0.2) is 6.54 Å². The molecule has 0 amide bonds. The Kier molecular flexibility index (Phi) is 4.45. The molecule has 0 aromatic heterocycles. The fourth-order valence-corrected chi connectivity index (χ4v) is 3.58. The standard InChI is InChI=1S/C19H29N/c1-2-3-5-10-18(16-8-6-4-7-9-16)20-15-19(13-14-19)17-11-12-17/h4,6-9,17-18,20H,2-3,5,10-15H2,1H3. The molecule has 1 unspecified atom stereocenters. The Morgan fingerprint density at radius 3 is 2.50 bits per heavy atom. The van der Waals surface area contributed by atoms with E-state index in [4.69, 9.17) is 0 Å². The zero-order valence-electron chi connectivity index (χ0n) is 12.9. The molecule has 0 bridgehead atoms. The fraction of sp³-hybridized carbons (Fsp3) is 0.684. The van der Waals surface area contributed by atoms with E-state index in [1.807, 2.05) is 0 Å². The second-order valence-corrected chi connectivity index (χ2v) is 6.98. The molecule has 1 atom stereocenters. The first-order valence-corrected chi connectivity index (χ1v) is 8.62. The molecule has 2 aliphatic rings. The summed E-state index contributed by atoms with van der Waals surface area (Å²) in [5, 5.41) is 3.92. The Labute approximate surface area is 124 Å². The minimum absolute atomic E-state index is 0.568. The van der Waals surface area contributed by atoms with Crippen LogP contribution in [0.15, 0.2) is 30.3 Å². The van der Waals surface area contributed by atoms with Gasteiger partial charge in [-0.15, -0.1) is 0 Å². The quantitative estimate of drug-likeness (QED) is 0.617. The highest BCUT2D eigenvalue weighted by molar-refractivity contribution is 5.19. The van der Waals surface area contributed by atoms with Gasteiger partial charge in [0, 0.05) is 12.6 Å². The molecular formula is C19H29N. The number of unbranched alkanes of at least 4 members (excludes halogenated alkanes) is 2. The van der Waals surface area contributed by atoms with E-state index in [2.05, 4.69) is 42.6 Å². The van der Waals surface area contributed by atoms with Gasteiger partial charge in [-0.25, -0.2) is 0 Å². The molecule has 1 N–H and O–H groups in total. The summed E-state index contributed by atoms with van der Waals surface area (Å²) in [5.41, 5.74) is 2.19. The van der Waals surface area contributed by atoms with E-state index in [0.29, 0.717) is 11.5 Å². The Morgan fingerprint density at radius 2 is 1.90 bits per heavy atom. The van der Waals surface area contributed by atoms with Crippen molar-refractivity contribution in [2.75, 3.05) is 6.54 Å². The van der Waals surface area contributed by atoms with Crippen molar-refractivity contribution >= 4 is 0 Å². The van der Waals surface area contributed by atoms with Gasteiger partial charge >= 0.3 is 0 Å². The maximum absolute atomic E-state index is 3.92. The summed E-state index contributed by atoms with van der Waals surface area (Å²) in [5.74, 6) is 1.06. The van der Waals surface area contributed by atoms with Crippen LogP contribution >= 0.6 is 0 Å². The summed E-state index contributed by atoms with van der Waals surface area (Å²) < 4.78 is 0. The van der Waals surface area contributed by atoms with E-state index in [1.165, 1.54) is 63.5 Å². The monoisotopic (exact) mass is 271 g/mol. The Morgan fingerprint density at radius 1 is 1.15 bits per heavy atom. The van der Waals surface area contributed by atoms with Crippen molar-refractivity contribution in [1.29, 1.82) is 0 Å². The van der Waals surface area contributed by atoms with Crippen LogP contribution in [0.25, 0.3) is 0 Å². The molecule has 2 saturated carbocycles. The summed E-state index contributed by atoms with van der Waals surface area (Å²) in [4.78, 5) is 0. The van der Waals surface area contributed by atoms with Crippen molar-refractivity contribution in [2.24, 2.45) is 11.3 Å². The highest BCUT2D eigenvalue weighted by atomic mass is 14.9. The first kappa shape index (κ1) is 14.1. The second-order valence-electron chi connectivity index (χ2n) is 6.98. The Hall–Kier alpha value is -0.820. The number of rotatable bonds is 9. The molecule has 0 saturated heterocycles. The molecule has 0 radical (unpaired) electrons. The molecular weight excluding hydrogens is 242 g/mol. The van der Waals surface area contributed by atoms with Gasteiger partial charge in [0.25, 0.3) is 0 Å². The molecule has 1 aromatic carbocycles. The summed E-state index contributed by atoms with van der Waals surface area (Å²) in [6.45, 7) is 3.54. The normalized spacial score (nSPS) is 21.6. The van der Waals surface area contributed by atoms with Crippen LogP contribution in [0.1, 0.15) is 69.9 Å². The number of benzene rings is 1. The SMILES string of the molecule is CCCCCC(NCC1(C2CC2)CC1)c1ccccc1. The predicted octanol–water partition coefficient (Wildman–Crippen LogP) is 5.09. The average molecular weight is 271 g/mol. The van der Waals surface area contributed by atoms with Crippen molar-refractivity contribution in [1.82, 2.24) is 5.32 Å². The molecule has 110 valence electrons. The van der Waals surface area contributed by atoms with Gasteiger partial charge in [0.2, 0.25) is 0 Å². The van der Waals surface area contributed by atoms with Crippen LogP contribution in [-0.2, 0) is 0 Å². The summed E-state index contributed by atoms with van der Waals surface area (Å²) in [7, 11) is 0. The van der Waals surface area contributed by atoms with Gasteiger partial charge in [-0.3, -0.25) is 0 Å². The van der Waals surface area contributed by atoms with Crippen LogP contribution < -0.4 is 5.32 Å². The minimum atomic E-state index is 0.568. The molecule has 1 aromatic rings. The topological polar surface area (TPSA) is 12.0 Å². The lowest BCUT2D eigenvalue weighted by molar-refractivity contribution is 0.361. The predicted molar refractivity (Wildman–Crippen MR) is 85.7 cm³/mol. The highest BCUT2D eigenvalue weighted by Gasteiger charge is 2.53. The van der Waals surface area contributed by atoms with Crippen molar-refractivity contribution in [3.63, 3.8) is 0 Å². The molecule has 0 aliphatic heterocycles. The maximum atomic E-state index is 3.92. The maximum Gasteiger partial charge on any atom is 0.0320 e. The lowest BCUT2D eigenvalue weighted by atomic mass is 9.96. The largest absolute Gasteiger partial charge is 0.309 e. The van der Waals surface area contributed by atoms with E-state index < -0.39 is 0 Å². The Balaban J connectivity index is 1.57. The van der Waals surface area contributed by atoms with Crippen LogP contribution in [0.3, 0.4) is 0 Å². The van der Waals surface area contributed by atoms with E-state index in [9.17, 15) is 0 Å². The van der Waals surface area contributed by atoms with Gasteiger partial charge in [-0.2, -0.15) is 0 Å². The molecule has 0 spiro atoms. The van der Waals surface area contributed by atoms with Crippen LogP contribution in [0.2, 0.25) is 0 Å². The lowest BCUT2D eigenvalue weighted by Gasteiger charge is -2.23. The highest BCUT2D eigenvalue weighted by Crippen LogP contribution is 2.61. The van der Waals surface area contributed by atoms with E-state index in [-0.39, 0.29) is 0 Å². The van der Waals surface area contributed by atoms with E-state index >= 15 is 0 Å².